The molecule has 1 atom stereocenters. The molecule has 1 heterocycles. The van der Waals surface area contributed by atoms with Crippen molar-refractivity contribution in [3.8, 4) is 0 Å². The largest absolute Gasteiger partial charge is 0.324 e. The zero-order chi connectivity index (χ0) is 13.3. The van der Waals surface area contributed by atoms with Gasteiger partial charge in [0.2, 0.25) is 5.91 Å². The maximum Gasteiger partial charge on any atom is 0.323 e. The maximum atomic E-state index is 11.9. The monoisotopic (exact) mass is 248 g/mol. The number of carbonyl (C=O) groups excluding carboxylic acids is 1. The Morgan fingerprint density at radius 1 is 1.39 bits per heavy atom. The molecule has 2 aromatic rings. The van der Waals surface area contributed by atoms with Gasteiger partial charge in [-0.3, -0.25) is 4.79 Å². The summed E-state index contributed by atoms with van der Waals surface area (Å²) in [5, 5.41) is 2.73. The van der Waals surface area contributed by atoms with Crippen molar-refractivity contribution in [2.75, 3.05) is 5.32 Å². The van der Waals surface area contributed by atoms with E-state index < -0.39 is 5.54 Å². The molecule has 1 aromatic heterocycles. The van der Waals surface area contributed by atoms with Gasteiger partial charge in [-0.1, -0.05) is 6.92 Å². The third-order valence-electron chi connectivity index (χ3n) is 3.03. The average molecular weight is 248 g/mol. The number of benzene rings is 1. The lowest BCUT2D eigenvalue weighted by molar-refractivity contribution is -0.120. The highest BCUT2D eigenvalue weighted by atomic mass is 16.2. The van der Waals surface area contributed by atoms with E-state index in [0.717, 1.165) is 0 Å². The van der Waals surface area contributed by atoms with Crippen LogP contribution in [0.4, 0.5) is 5.69 Å². The Hall–Kier alpha value is -2.08. The number of fused-ring (bicyclic) bond motifs is 1. The standard InChI is InChI=1S/C12H16N4O2/c1-3-12(2,13)10(17)14-7-4-5-8-9(6-7)16-11(18)15-8/h4-6H,3,13H2,1-2H3,(H,14,17)(H2,15,16,18). The SMILES string of the molecule is CCC(C)(N)C(=O)Nc1ccc2[nH]c(=O)[nH]c2c1. The quantitative estimate of drug-likeness (QED) is 0.649. The van der Waals surface area contributed by atoms with E-state index in [-0.39, 0.29) is 11.6 Å². The van der Waals surface area contributed by atoms with Crippen LogP contribution in [0.15, 0.2) is 23.0 Å². The highest BCUT2D eigenvalue weighted by molar-refractivity contribution is 5.98. The number of rotatable bonds is 3. The topological polar surface area (TPSA) is 104 Å². The van der Waals surface area contributed by atoms with Crippen LogP contribution in [0.25, 0.3) is 11.0 Å². The minimum absolute atomic E-state index is 0.248. The number of nitrogens with one attached hydrogen (secondary N) is 3. The second-order valence-electron chi connectivity index (χ2n) is 4.56. The van der Waals surface area contributed by atoms with Crippen molar-refractivity contribution < 1.29 is 4.79 Å². The van der Waals surface area contributed by atoms with Gasteiger partial charge in [-0.15, -0.1) is 0 Å². The fraction of sp³-hybridized carbons (Fsp3) is 0.333. The molecule has 5 N–H and O–H groups in total. The second-order valence-corrected chi connectivity index (χ2v) is 4.56. The van der Waals surface area contributed by atoms with Crippen LogP contribution >= 0.6 is 0 Å². The van der Waals surface area contributed by atoms with Gasteiger partial charge in [0.15, 0.2) is 0 Å². The molecule has 1 amide bonds. The normalized spacial score (nSPS) is 14.4. The summed E-state index contributed by atoms with van der Waals surface area (Å²) in [5.74, 6) is -0.248. The van der Waals surface area contributed by atoms with Gasteiger partial charge in [0.25, 0.3) is 0 Å². The molecule has 0 aliphatic carbocycles. The second kappa shape index (κ2) is 4.30. The summed E-state index contributed by atoms with van der Waals surface area (Å²) >= 11 is 0. The first kappa shape index (κ1) is 12.4. The summed E-state index contributed by atoms with van der Waals surface area (Å²) in [4.78, 5) is 28.3. The van der Waals surface area contributed by atoms with E-state index in [9.17, 15) is 9.59 Å². The molecule has 0 bridgehead atoms. The van der Waals surface area contributed by atoms with Crippen LogP contribution in [-0.2, 0) is 4.79 Å². The van der Waals surface area contributed by atoms with E-state index >= 15 is 0 Å². The fourth-order valence-electron chi connectivity index (χ4n) is 1.54. The third kappa shape index (κ3) is 2.28. The van der Waals surface area contributed by atoms with Gasteiger partial charge in [0, 0.05) is 5.69 Å². The van der Waals surface area contributed by atoms with Gasteiger partial charge in [-0.05, 0) is 31.5 Å². The number of H-pyrrole nitrogens is 2. The first-order valence-corrected chi connectivity index (χ1v) is 5.75. The molecule has 6 heteroatoms. The van der Waals surface area contributed by atoms with E-state index in [1.807, 2.05) is 6.92 Å². The molecule has 0 saturated heterocycles. The van der Waals surface area contributed by atoms with Crippen LogP contribution in [0, 0.1) is 0 Å². The molecule has 18 heavy (non-hydrogen) atoms. The van der Waals surface area contributed by atoms with Gasteiger partial charge >= 0.3 is 5.69 Å². The number of hydrogen-bond acceptors (Lipinski definition) is 3. The lowest BCUT2D eigenvalue weighted by Gasteiger charge is -2.21. The van der Waals surface area contributed by atoms with Gasteiger partial charge in [0.1, 0.15) is 0 Å². The first-order chi connectivity index (χ1) is 8.42. The Morgan fingerprint density at radius 2 is 2.06 bits per heavy atom. The number of aromatic amines is 2. The lowest BCUT2D eigenvalue weighted by Crippen LogP contribution is -2.47. The van der Waals surface area contributed by atoms with E-state index in [2.05, 4.69) is 15.3 Å². The number of carbonyl (C=O) groups is 1. The zero-order valence-electron chi connectivity index (χ0n) is 10.3. The molecule has 1 aromatic carbocycles. The van der Waals surface area contributed by atoms with E-state index in [4.69, 9.17) is 5.73 Å². The Balaban J connectivity index is 2.27. The van der Waals surface area contributed by atoms with Crippen LogP contribution < -0.4 is 16.7 Å². The number of nitrogens with two attached hydrogens (primary N) is 1. The molecule has 0 aliphatic heterocycles. The van der Waals surface area contributed by atoms with Gasteiger partial charge in [0.05, 0.1) is 16.6 Å². The van der Waals surface area contributed by atoms with Gasteiger partial charge in [-0.2, -0.15) is 0 Å². The van der Waals surface area contributed by atoms with Crippen molar-refractivity contribution in [3.05, 3.63) is 28.7 Å². The Labute approximate surface area is 104 Å². The summed E-state index contributed by atoms with van der Waals surface area (Å²) in [6.45, 7) is 3.53. The molecule has 0 radical (unpaired) electrons. The molecule has 0 spiro atoms. The summed E-state index contributed by atoms with van der Waals surface area (Å²) < 4.78 is 0. The average Bonchev–Trinajstić information content (AvgIpc) is 2.68. The highest BCUT2D eigenvalue weighted by Crippen LogP contribution is 2.16. The summed E-state index contributed by atoms with van der Waals surface area (Å²) in [6, 6.07) is 5.13. The lowest BCUT2D eigenvalue weighted by atomic mass is 9.99. The Bertz CT molecular complexity index is 639. The van der Waals surface area contributed by atoms with Crippen LogP contribution in [0.3, 0.4) is 0 Å². The van der Waals surface area contributed by atoms with Gasteiger partial charge in [-0.25, -0.2) is 4.79 Å². The number of aromatic nitrogens is 2. The van der Waals surface area contributed by atoms with Crippen molar-refractivity contribution >= 4 is 22.6 Å². The molecular weight excluding hydrogens is 232 g/mol. The molecule has 96 valence electrons. The minimum atomic E-state index is -0.902. The smallest absolute Gasteiger partial charge is 0.323 e. The number of amides is 1. The van der Waals surface area contributed by atoms with E-state index in [1.54, 1.807) is 25.1 Å². The van der Waals surface area contributed by atoms with E-state index in [0.29, 0.717) is 23.1 Å². The van der Waals surface area contributed by atoms with Crippen molar-refractivity contribution in [3.63, 3.8) is 0 Å². The van der Waals surface area contributed by atoms with Gasteiger partial charge < -0.3 is 21.0 Å². The zero-order valence-corrected chi connectivity index (χ0v) is 10.3. The van der Waals surface area contributed by atoms with Crippen LogP contribution in [-0.4, -0.2) is 21.4 Å². The van der Waals surface area contributed by atoms with Crippen molar-refractivity contribution in [1.82, 2.24) is 9.97 Å². The Morgan fingerprint density at radius 3 is 2.72 bits per heavy atom. The molecule has 0 aliphatic rings. The maximum absolute atomic E-state index is 11.9. The van der Waals surface area contributed by atoms with Crippen molar-refractivity contribution in [2.24, 2.45) is 5.73 Å². The fourth-order valence-corrected chi connectivity index (χ4v) is 1.54. The van der Waals surface area contributed by atoms with Crippen LogP contribution in [0.2, 0.25) is 0 Å². The first-order valence-electron chi connectivity index (χ1n) is 5.75. The summed E-state index contributed by atoms with van der Waals surface area (Å²) in [6.07, 6.45) is 0.544. The summed E-state index contributed by atoms with van der Waals surface area (Å²) in [7, 11) is 0. The molecular formula is C12H16N4O2. The van der Waals surface area contributed by atoms with E-state index in [1.165, 1.54) is 0 Å². The molecule has 1 unspecified atom stereocenters. The predicted molar refractivity (Wildman–Crippen MR) is 70.4 cm³/mol. The number of anilines is 1. The molecule has 2 rings (SSSR count). The predicted octanol–water partition coefficient (Wildman–Crippen LogP) is 0.922. The van der Waals surface area contributed by atoms with Crippen LogP contribution in [0.5, 0.6) is 0 Å². The highest BCUT2D eigenvalue weighted by Gasteiger charge is 2.25. The van der Waals surface area contributed by atoms with Crippen LogP contribution in [0.1, 0.15) is 20.3 Å². The molecule has 0 fully saturated rings. The third-order valence-corrected chi connectivity index (χ3v) is 3.03. The number of hydrogen-bond donors (Lipinski definition) is 4. The summed E-state index contributed by atoms with van der Waals surface area (Å²) in [5.41, 5.74) is 6.62. The molecule has 0 saturated carbocycles. The van der Waals surface area contributed by atoms with Crippen molar-refractivity contribution in [1.29, 1.82) is 0 Å². The Kier molecular flexibility index (Phi) is 2.96. The minimum Gasteiger partial charge on any atom is -0.324 e. The number of imidazole rings is 1. The molecule has 6 nitrogen and oxygen atoms in total. The van der Waals surface area contributed by atoms with Crippen molar-refractivity contribution in [2.45, 2.75) is 25.8 Å².